The second-order valence-corrected chi connectivity index (χ2v) is 29.7. The Morgan fingerprint density at radius 3 is 0.814 bits per heavy atom. The number of rotatable bonds is 22. The largest absolute Gasteiger partial charge is 0.691 e. The Hall–Kier alpha value is -6.49. The van der Waals surface area contributed by atoms with Crippen molar-refractivity contribution in [2.75, 3.05) is 7.11 Å². The molecule has 0 spiro atoms. The number of halogens is 30. The average Bonchev–Trinajstić information content (AvgIpc) is 0.730. The van der Waals surface area contributed by atoms with Gasteiger partial charge in [0.25, 0.3) is 0 Å². The van der Waals surface area contributed by atoms with Gasteiger partial charge in [-0.25, -0.2) is 9.53 Å². The van der Waals surface area contributed by atoms with Gasteiger partial charge < -0.3 is 18.4 Å². The predicted molar refractivity (Wildman–Crippen MR) is 340 cm³/mol. The summed E-state index contributed by atoms with van der Waals surface area (Å²) in [6, 6.07) is 47.2. The molecule has 0 atom stereocenters. The van der Waals surface area contributed by atoms with Gasteiger partial charge in [0.2, 0.25) is 0 Å². The Labute approximate surface area is 640 Å². The number of esters is 1. The van der Waals surface area contributed by atoms with E-state index in [1.165, 1.54) is 10.8 Å². The highest BCUT2D eigenvalue weighted by atomic mass is 32.2. The molecule has 21 nitrogen and oxygen atoms in total. The zero-order valence-corrected chi connectivity index (χ0v) is 62.1. The van der Waals surface area contributed by atoms with Crippen molar-refractivity contribution in [2.45, 2.75) is 99.4 Å². The van der Waals surface area contributed by atoms with Gasteiger partial charge in [-0.15, -0.1) is 0 Å². The fourth-order valence-electron chi connectivity index (χ4n) is 5.23. The van der Waals surface area contributed by atoms with Crippen LogP contribution >= 0.6 is 12.0 Å². The molecule has 3 N–H and O–H groups in total. The number of alkyl halides is 30. The Bertz CT molecular complexity index is 4370. The first-order valence-corrected chi connectivity index (χ1v) is 36.3. The van der Waals surface area contributed by atoms with Gasteiger partial charge in [0.15, 0.2) is 0 Å². The Kier molecular flexibility index (Phi) is 39.5. The average molecular weight is 1890 g/mol. The Morgan fingerprint density at radius 2 is 0.602 bits per heavy atom. The number of carbonyl (C=O) groups excluding carboxylic acids is 1. The monoisotopic (exact) mass is 1890 g/mol. The summed E-state index contributed by atoms with van der Waals surface area (Å²) in [6.07, 6.45) is -27.3. The van der Waals surface area contributed by atoms with Crippen LogP contribution in [0, 0.1) is 0 Å². The van der Waals surface area contributed by atoms with Crippen LogP contribution in [0.3, 0.4) is 0 Å². The van der Waals surface area contributed by atoms with Crippen molar-refractivity contribution in [3.05, 3.63) is 181 Å². The number of para-hydroxylation sites is 1. The van der Waals surface area contributed by atoms with Crippen molar-refractivity contribution >= 4 is 119 Å². The van der Waals surface area contributed by atoms with E-state index in [-0.39, 0.29) is 5.56 Å². The van der Waals surface area contributed by atoms with Crippen LogP contribution in [0.5, 0.6) is 11.5 Å². The van der Waals surface area contributed by atoms with Crippen LogP contribution in [0.4, 0.5) is 132 Å². The second-order valence-electron chi connectivity index (χ2n) is 19.0. The zero-order valence-electron chi connectivity index (χ0n) is 53.2. The van der Waals surface area contributed by atoms with Gasteiger partial charge in [-0.2, -0.15) is 178 Å². The molecule has 0 heterocycles. The summed E-state index contributed by atoms with van der Waals surface area (Å²) in [5.74, 6) is -31.0. The van der Waals surface area contributed by atoms with Crippen molar-refractivity contribution in [1.29, 1.82) is 0 Å². The maximum absolute atomic E-state index is 13.6. The molecular formula is C52H43F30O21S10+3. The van der Waals surface area contributed by atoms with Crippen LogP contribution in [-0.2, 0) is 120 Å². The minimum absolute atomic E-state index is 0.239. The van der Waals surface area contributed by atoms with Crippen molar-refractivity contribution in [1.82, 2.24) is 0 Å². The molecule has 644 valence electrons. The summed E-state index contributed by atoms with van der Waals surface area (Å²) < 4.78 is 518. The van der Waals surface area contributed by atoms with E-state index in [9.17, 15) is 179 Å². The molecule has 0 aliphatic heterocycles. The summed E-state index contributed by atoms with van der Waals surface area (Å²) in [7, 11) is -33.9. The summed E-state index contributed by atoms with van der Waals surface area (Å²) in [4.78, 5) is 15.6. The van der Waals surface area contributed by atoms with Gasteiger partial charge >= 0.3 is 136 Å². The summed E-state index contributed by atoms with van der Waals surface area (Å²) in [6.45, 7) is 0. The molecule has 0 aromatic heterocycles. The highest BCUT2D eigenvalue weighted by molar-refractivity contribution is 7.95. The third-order valence-electron chi connectivity index (χ3n) is 10.8. The van der Waals surface area contributed by atoms with E-state index in [0.29, 0.717) is 12.1 Å². The summed E-state index contributed by atoms with van der Waals surface area (Å²) >= 11 is 11.5. The molecule has 0 radical (unpaired) electrons. The maximum atomic E-state index is 13.6. The fourth-order valence-corrected chi connectivity index (χ4v) is 9.54. The molecule has 0 saturated heterocycles. The van der Waals surface area contributed by atoms with E-state index in [4.69, 9.17) is 18.9 Å². The molecule has 113 heavy (non-hydrogen) atoms. The quantitative estimate of drug-likeness (QED) is 0.00831. The third kappa shape index (κ3) is 29.3. The van der Waals surface area contributed by atoms with E-state index in [0.717, 1.165) is 63.1 Å². The SMILES string of the molecule is COC(=O)c1ccc(OS(=O)(=O)C(F)(F)C(F)(F)C(F)(F)S(=O)(=O)O)cc1.O=S(=O)(O)C(F)(F)C(F)(F)C(F)(F)S(=O)(=O)Oc1ccccc1.O=S(=O)(O)C(F)(F)C(F)(F)OC(F)(F)C(F)(F)F.[O-]OOSC(F)(F)C(F)(F)C(F)(F)C(F)(F)F.[SH2+]c1ccccc1.[SH2+]c1ccccc1.[SH2+]c1ccccc1.[SH2+]c1ccccc1. The van der Waals surface area contributed by atoms with Gasteiger partial charge in [-0.05, 0) is 135 Å². The fraction of sp³-hybridized carbons (Fsp3) is 0.288. The van der Waals surface area contributed by atoms with Crippen LogP contribution in [0.15, 0.2) is 196 Å². The van der Waals surface area contributed by atoms with Crippen molar-refractivity contribution in [2.24, 2.45) is 0 Å². The maximum Gasteiger partial charge on any atom is 0.483 e. The first-order chi connectivity index (χ1) is 50.3. The lowest BCUT2D eigenvalue weighted by Gasteiger charge is -2.32. The second kappa shape index (κ2) is 41.1. The molecule has 0 unspecified atom stereocenters. The number of hydrogen-bond acceptors (Lipinski definition) is 19. The van der Waals surface area contributed by atoms with Gasteiger partial charge in [-0.1, -0.05) is 91.0 Å². The minimum atomic E-state index is -7.13. The van der Waals surface area contributed by atoms with Gasteiger partial charge in [0.1, 0.15) is 43.1 Å². The highest BCUT2D eigenvalue weighted by Crippen LogP contribution is 2.57. The van der Waals surface area contributed by atoms with Gasteiger partial charge in [0.05, 0.1) is 12.7 Å². The van der Waals surface area contributed by atoms with Crippen LogP contribution in [-0.4, -0.2) is 149 Å². The third-order valence-corrected chi connectivity index (χ3v) is 18.0. The van der Waals surface area contributed by atoms with E-state index in [1.54, 1.807) is 0 Å². The Morgan fingerprint density at radius 1 is 0.345 bits per heavy atom. The number of methoxy groups -OCH3 is 1. The summed E-state index contributed by atoms with van der Waals surface area (Å²) in [5, 5.41) is -28.7. The molecule has 6 aromatic carbocycles. The zero-order chi connectivity index (χ0) is 89.6. The number of hydrogen-bond donors (Lipinski definition) is 3. The Balaban J connectivity index is 0. The molecule has 6 rings (SSSR count). The molecule has 61 heteroatoms. The standard InChI is InChI=1S/C11H8F6O8S2.C9H6F6O6S2.4C6H6S.C4HF9O4S.C4HF9O3S/c1-24-8(18)6-2-4-7(5-3-6)25-27(22,23)11(16,17)9(12,13)10(14,15)26(19,20)21;10-7(11,8(12,13)22(16,17)18)9(14,15)23(19,20)21-6-4-2-1-3-5-6;4*7-6-4-2-1-3-5-6;5-1(6,7)2(8,9)17-3(10,11)4(12,13)18(14,15)16;5-1(6,3(9,10)11)2(7,8)4(12,13)17-16-15-14/h2-5H,1H3,(H,19,20,21);1-5H,(H,16,17,18);4*1-5,7H;(H,14,15,16);14H/p+3. The molecule has 0 bridgehead atoms. The van der Waals surface area contributed by atoms with Crippen molar-refractivity contribution in [3.8, 4) is 11.5 Å². The first-order valence-electron chi connectivity index (χ1n) is 26.4. The van der Waals surface area contributed by atoms with Crippen molar-refractivity contribution < 1.29 is 225 Å². The summed E-state index contributed by atoms with van der Waals surface area (Å²) in [5.41, 5.74) is -0.239. The van der Waals surface area contributed by atoms with E-state index in [1.807, 2.05) is 121 Å². The number of ether oxygens (including phenoxy) is 2. The molecule has 0 aliphatic rings. The first kappa shape index (κ1) is 109. The topological polar surface area (TPSA) is 327 Å². The lowest BCUT2D eigenvalue weighted by atomic mass is 10.1. The minimum Gasteiger partial charge on any atom is -0.691 e. The lowest BCUT2D eigenvalue weighted by molar-refractivity contribution is -0.777. The molecule has 0 saturated carbocycles. The predicted octanol–water partition coefficient (Wildman–Crippen LogP) is 12.7. The lowest BCUT2D eigenvalue weighted by Crippen LogP contribution is -2.61. The molecule has 6 aromatic rings. The molecule has 0 fully saturated rings. The highest BCUT2D eigenvalue weighted by Gasteiger charge is 2.85. The smallest absolute Gasteiger partial charge is 0.483 e. The number of carbonyl (C=O) groups is 1. The van der Waals surface area contributed by atoms with Crippen LogP contribution in [0.1, 0.15) is 10.4 Å². The van der Waals surface area contributed by atoms with Crippen LogP contribution in [0.2, 0.25) is 0 Å². The van der Waals surface area contributed by atoms with Gasteiger partial charge in [0, 0.05) is 0 Å². The van der Waals surface area contributed by atoms with E-state index in [2.05, 4.69) is 73.0 Å². The van der Waals surface area contributed by atoms with Gasteiger partial charge in [-0.3, -0.25) is 18.7 Å². The van der Waals surface area contributed by atoms with E-state index < -0.39 is 160 Å². The normalized spacial score (nSPS) is 13.3. The van der Waals surface area contributed by atoms with Crippen LogP contribution < -0.4 is 13.6 Å². The molecule has 0 aliphatic carbocycles. The molecule has 0 amide bonds. The molecular weight excluding hydrogens is 1850 g/mol. The van der Waals surface area contributed by atoms with E-state index >= 15 is 0 Å². The van der Waals surface area contributed by atoms with Crippen LogP contribution in [0.25, 0.3) is 0 Å². The van der Waals surface area contributed by atoms with Crippen molar-refractivity contribution in [3.63, 3.8) is 0 Å². The number of benzene rings is 6.